The molecule has 0 aliphatic heterocycles. The molecule has 0 radical (unpaired) electrons. The van der Waals surface area contributed by atoms with Gasteiger partial charge >= 0.3 is 0 Å². The average molecular weight is 441 g/mol. The molecule has 0 aliphatic rings. The summed E-state index contributed by atoms with van der Waals surface area (Å²) < 4.78 is 10.9. The average Bonchev–Trinajstić information content (AvgIpc) is 2.56. The van der Waals surface area contributed by atoms with Crippen LogP contribution in [-0.2, 0) is 0 Å². The summed E-state index contributed by atoms with van der Waals surface area (Å²) in [6.45, 7) is 4.48. The topological polar surface area (TPSA) is 68.9 Å². The van der Waals surface area contributed by atoms with Crippen LogP contribution in [-0.4, -0.2) is 25.7 Å². The largest absolute Gasteiger partial charge is 0.497 e. The number of halogens is 1. The lowest BCUT2D eigenvalue weighted by Gasteiger charge is -2.13. The number of rotatable bonds is 6. The first-order valence-corrected chi connectivity index (χ1v) is 7.51. The van der Waals surface area contributed by atoms with Crippen molar-refractivity contribution in [3.63, 3.8) is 0 Å². The van der Waals surface area contributed by atoms with Gasteiger partial charge in [0.2, 0.25) is 0 Å². The molecule has 0 amide bonds. The fourth-order valence-corrected chi connectivity index (χ4v) is 1.98. The molecule has 24 heavy (non-hydrogen) atoms. The number of aryl methyl sites for hydroxylation is 1. The summed E-state index contributed by atoms with van der Waals surface area (Å²) in [7, 11) is 1.63. The lowest BCUT2D eigenvalue weighted by Crippen LogP contribution is -2.25. The van der Waals surface area contributed by atoms with Gasteiger partial charge in [-0.05, 0) is 50.2 Å². The third kappa shape index (κ3) is 6.66. The number of methoxy groups -OCH3 is 1. The lowest BCUT2D eigenvalue weighted by atomic mass is 10.2. The Morgan fingerprint density at radius 1 is 1.08 bits per heavy atom. The van der Waals surface area contributed by atoms with Crippen LogP contribution in [0.15, 0.2) is 53.5 Å². The molecule has 6 heteroatoms. The van der Waals surface area contributed by atoms with Crippen molar-refractivity contribution in [2.75, 3.05) is 19.0 Å². The van der Waals surface area contributed by atoms with Crippen LogP contribution in [0, 0.1) is 6.92 Å². The Morgan fingerprint density at radius 3 is 2.25 bits per heavy atom. The number of nitrogens with zero attached hydrogens (tertiary/aromatic N) is 1. The first-order chi connectivity index (χ1) is 11.1. The van der Waals surface area contributed by atoms with Crippen molar-refractivity contribution >= 4 is 35.6 Å². The van der Waals surface area contributed by atoms with Crippen molar-refractivity contribution in [3.05, 3.63) is 54.1 Å². The molecular formula is C18H24IN3O2. The summed E-state index contributed by atoms with van der Waals surface area (Å²) in [6.07, 6.45) is -0.0612. The van der Waals surface area contributed by atoms with Crippen LogP contribution in [0.3, 0.4) is 0 Å². The summed E-state index contributed by atoms with van der Waals surface area (Å²) in [4.78, 5) is 4.30. The van der Waals surface area contributed by atoms with E-state index in [1.54, 1.807) is 7.11 Å². The highest BCUT2D eigenvalue weighted by atomic mass is 127. The minimum Gasteiger partial charge on any atom is -0.497 e. The van der Waals surface area contributed by atoms with Crippen molar-refractivity contribution in [3.8, 4) is 11.5 Å². The van der Waals surface area contributed by atoms with Gasteiger partial charge in [0, 0.05) is 5.69 Å². The zero-order valence-corrected chi connectivity index (χ0v) is 16.5. The van der Waals surface area contributed by atoms with Crippen molar-refractivity contribution in [2.24, 2.45) is 10.7 Å². The minimum absolute atomic E-state index is 0. The molecular weight excluding hydrogens is 417 g/mol. The van der Waals surface area contributed by atoms with E-state index < -0.39 is 0 Å². The van der Waals surface area contributed by atoms with E-state index in [-0.39, 0.29) is 30.1 Å². The number of nitrogens with two attached hydrogens (primary N) is 1. The van der Waals surface area contributed by atoms with Crippen LogP contribution in [0.1, 0.15) is 12.5 Å². The Bertz CT molecular complexity index is 642. The van der Waals surface area contributed by atoms with Crippen molar-refractivity contribution < 1.29 is 9.47 Å². The van der Waals surface area contributed by atoms with E-state index in [9.17, 15) is 0 Å². The van der Waals surface area contributed by atoms with Gasteiger partial charge in [-0.1, -0.05) is 17.7 Å². The Labute approximate surface area is 160 Å². The van der Waals surface area contributed by atoms with Gasteiger partial charge in [0.05, 0.1) is 13.7 Å². The molecule has 0 aliphatic carbocycles. The Kier molecular flexibility index (Phi) is 8.39. The molecule has 1 unspecified atom stereocenters. The van der Waals surface area contributed by atoms with Gasteiger partial charge in [0.15, 0.2) is 5.96 Å². The summed E-state index contributed by atoms with van der Waals surface area (Å²) >= 11 is 0. The van der Waals surface area contributed by atoms with Gasteiger partial charge in [0.1, 0.15) is 17.6 Å². The summed E-state index contributed by atoms with van der Waals surface area (Å²) in [5.41, 5.74) is 7.95. The van der Waals surface area contributed by atoms with E-state index in [2.05, 4.69) is 10.3 Å². The molecule has 1 atom stereocenters. The van der Waals surface area contributed by atoms with Gasteiger partial charge in [-0.15, -0.1) is 24.0 Å². The molecule has 3 N–H and O–H groups in total. The second-order valence-corrected chi connectivity index (χ2v) is 5.32. The first kappa shape index (κ1) is 20.1. The number of hydrogen-bond donors (Lipinski definition) is 2. The van der Waals surface area contributed by atoms with Crippen molar-refractivity contribution in [2.45, 2.75) is 20.0 Å². The second kappa shape index (κ2) is 10.0. The van der Waals surface area contributed by atoms with Gasteiger partial charge in [0.25, 0.3) is 0 Å². The minimum atomic E-state index is -0.0612. The molecule has 2 rings (SSSR count). The molecule has 0 fully saturated rings. The molecule has 5 nitrogen and oxygen atoms in total. The normalized spacial score (nSPS) is 12.0. The quantitative estimate of drug-likeness (QED) is 0.407. The Morgan fingerprint density at radius 2 is 1.67 bits per heavy atom. The maximum atomic E-state index is 5.89. The molecule has 0 aromatic heterocycles. The number of guanidine groups is 1. The fraction of sp³-hybridized carbons (Fsp3) is 0.278. The number of nitrogens with one attached hydrogen (secondary N) is 1. The Balaban J connectivity index is 0.00000288. The summed E-state index contributed by atoms with van der Waals surface area (Å²) in [5.74, 6) is 1.99. The maximum absolute atomic E-state index is 5.89. The van der Waals surface area contributed by atoms with Crippen molar-refractivity contribution in [1.82, 2.24) is 0 Å². The lowest BCUT2D eigenvalue weighted by molar-refractivity contribution is 0.230. The van der Waals surface area contributed by atoms with Crippen LogP contribution >= 0.6 is 24.0 Å². The van der Waals surface area contributed by atoms with E-state index in [4.69, 9.17) is 15.2 Å². The molecule has 0 saturated carbocycles. The SMILES string of the molecule is COc1ccc(NC(N)=NCC(C)Oc2ccc(C)cc2)cc1.I. The van der Waals surface area contributed by atoms with Crippen molar-refractivity contribution in [1.29, 1.82) is 0 Å². The summed E-state index contributed by atoms with van der Waals surface area (Å²) in [5, 5.41) is 3.04. The maximum Gasteiger partial charge on any atom is 0.193 e. The van der Waals surface area contributed by atoms with E-state index in [0.29, 0.717) is 12.5 Å². The fourth-order valence-electron chi connectivity index (χ4n) is 1.98. The summed E-state index contributed by atoms with van der Waals surface area (Å²) in [6, 6.07) is 15.4. The van der Waals surface area contributed by atoms with Crippen LogP contribution in [0.4, 0.5) is 5.69 Å². The van der Waals surface area contributed by atoms with E-state index in [1.807, 2.05) is 62.4 Å². The van der Waals surface area contributed by atoms with E-state index in [0.717, 1.165) is 17.2 Å². The van der Waals surface area contributed by atoms with Gasteiger partial charge in [-0.2, -0.15) is 0 Å². The molecule has 0 saturated heterocycles. The predicted molar refractivity (Wildman–Crippen MR) is 110 cm³/mol. The highest BCUT2D eigenvalue weighted by Crippen LogP contribution is 2.15. The van der Waals surface area contributed by atoms with E-state index in [1.165, 1.54) is 5.56 Å². The number of anilines is 1. The van der Waals surface area contributed by atoms with Gasteiger partial charge in [-0.25, -0.2) is 4.99 Å². The number of hydrogen-bond acceptors (Lipinski definition) is 3. The highest BCUT2D eigenvalue weighted by molar-refractivity contribution is 14.0. The monoisotopic (exact) mass is 441 g/mol. The zero-order valence-electron chi connectivity index (χ0n) is 14.2. The number of ether oxygens (including phenoxy) is 2. The molecule has 0 spiro atoms. The standard InChI is InChI=1S/C18H23N3O2.HI/c1-13-4-8-17(9-5-13)23-14(2)12-20-18(19)21-15-6-10-16(22-3)11-7-15;/h4-11,14H,12H2,1-3H3,(H3,19,20,21);1H. The smallest absolute Gasteiger partial charge is 0.193 e. The van der Waals surface area contributed by atoms with Crippen LogP contribution in [0.2, 0.25) is 0 Å². The van der Waals surface area contributed by atoms with E-state index >= 15 is 0 Å². The second-order valence-electron chi connectivity index (χ2n) is 5.32. The number of aliphatic imine (C=N–C) groups is 1. The van der Waals surface area contributed by atoms with Crippen LogP contribution in [0.5, 0.6) is 11.5 Å². The number of benzene rings is 2. The molecule has 130 valence electrons. The van der Waals surface area contributed by atoms with Gasteiger partial charge < -0.3 is 20.5 Å². The Hall–Kier alpha value is -1.96. The van der Waals surface area contributed by atoms with Gasteiger partial charge in [-0.3, -0.25) is 0 Å². The third-order valence-corrected chi connectivity index (χ3v) is 3.24. The molecule has 2 aromatic rings. The highest BCUT2D eigenvalue weighted by Gasteiger charge is 2.04. The molecule has 0 bridgehead atoms. The zero-order chi connectivity index (χ0) is 16.7. The predicted octanol–water partition coefficient (Wildman–Crippen LogP) is 3.82. The third-order valence-electron chi connectivity index (χ3n) is 3.24. The van der Waals surface area contributed by atoms with Crippen LogP contribution in [0.25, 0.3) is 0 Å². The molecule has 2 aromatic carbocycles. The molecule has 0 heterocycles. The van der Waals surface area contributed by atoms with Crippen LogP contribution < -0.4 is 20.5 Å². The first-order valence-electron chi connectivity index (χ1n) is 7.51.